The van der Waals surface area contributed by atoms with Crippen LogP contribution >= 0.6 is 0 Å². The number of aromatic carboxylic acids is 1. The molecular formula is C16H19NO3. The van der Waals surface area contributed by atoms with Crippen LogP contribution in [0.3, 0.4) is 0 Å². The van der Waals surface area contributed by atoms with Gasteiger partial charge in [0.2, 0.25) is 5.76 Å². The fraction of sp³-hybridized carbons (Fsp3) is 0.438. The third-order valence-corrected chi connectivity index (χ3v) is 4.09. The van der Waals surface area contributed by atoms with Crippen molar-refractivity contribution in [1.29, 1.82) is 0 Å². The Hall–Kier alpha value is -1.81. The SMILES string of the molecule is CC(CNCc1c(C(=O)O)oc2ccccc12)C1CC1. The van der Waals surface area contributed by atoms with Gasteiger partial charge in [-0.1, -0.05) is 25.1 Å². The maximum Gasteiger partial charge on any atom is 0.372 e. The van der Waals surface area contributed by atoms with Crippen LogP contribution in [-0.4, -0.2) is 17.6 Å². The molecule has 1 saturated carbocycles. The molecule has 106 valence electrons. The fourth-order valence-electron chi connectivity index (χ4n) is 2.70. The van der Waals surface area contributed by atoms with Gasteiger partial charge in [0.25, 0.3) is 0 Å². The second-order valence-electron chi connectivity index (χ2n) is 5.66. The van der Waals surface area contributed by atoms with E-state index in [2.05, 4.69) is 12.2 Å². The summed E-state index contributed by atoms with van der Waals surface area (Å²) in [7, 11) is 0. The van der Waals surface area contributed by atoms with Crippen molar-refractivity contribution in [2.75, 3.05) is 6.54 Å². The molecule has 0 amide bonds. The maximum absolute atomic E-state index is 11.3. The van der Waals surface area contributed by atoms with Gasteiger partial charge in [-0.2, -0.15) is 0 Å². The standard InChI is InChI=1S/C16H19NO3/c1-10(11-6-7-11)8-17-9-13-12-4-2-3-5-14(12)20-15(13)16(18)19/h2-5,10-11,17H,6-9H2,1H3,(H,18,19). The number of hydrogen-bond acceptors (Lipinski definition) is 3. The lowest BCUT2D eigenvalue weighted by molar-refractivity contribution is 0.0663. The molecule has 4 heteroatoms. The summed E-state index contributed by atoms with van der Waals surface area (Å²) in [6.45, 7) is 3.70. The Morgan fingerprint density at radius 1 is 1.45 bits per heavy atom. The number of nitrogens with one attached hydrogen (secondary N) is 1. The summed E-state index contributed by atoms with van der Waals surface area (Å²) in [6.07, 6.45) is 2.66. The summed E-state index contributed by atoms with van der Waals surface area (Å²) in [5.41, 5.74) is 1.38. The van der Waals surface area contributed by atoms with Gasteiger partial charge in [0.05, 0.1) is 0 Å². The third kappa shape index (κ3) is 2.56. The average Bonchev–Trinajstić information content (AvgIpc) is 3.21. The second-order valence-corrected chi connectivity index (χ2v) is 5.66. The quantitative estimate of drug-likeness (QED) is 0.848. The first kappa shape index (κ1) is 13.2. The van der Waals surface area contributed by atoms with Crippen molar-refractivity contribution in [3.8, 4) is 0 Å². The van der Waals surface area contributed by atoms with E-state index in [0.717, 1.165) is 23.4 Å². The van der Waals surface area contributed by atoms with Gasteiger partial charge < -0.3 is 14.8 Å². The van der Waals surface area contributed by atoms with Crippen molar-refractivity contribution in [3.05, 3.63) is 35.6 Å². The highest BCUT2D eigenvalue weighted by atomic mass is 16.4. The maximum atomic E-state index is 11.3. The molecule has 0 bridgehead atoms. The molecule has 4 nitrogen and oxygen atoms in total. The van der Waals surface area contributed by atoms with Gasteiger partial charge >= 0.3 is 5.97 Å². The summed E-state index contributed by atoms with van der Waals surface area (Å²) in [5, 5.41) is 13.5. The third-order valence-electron chi connectivity index (χ3n) is 4.09. The van der Waals surface area contributed by atoms with Crippen LogP contribution in [0.4, 0.5) is 0 Å². The smallest absolute Gasteiger partial charge is 0.372 e. The lowest BCUT2D eigenvalue weighted by Crippen LogP contribution is -2.22. The van der Waals surface area contributed by atoms with Crippen LogP contribution in [0.25, 0.3) is 11.0 Å². The second kappa shape index (κ2) is 5.29. The number of carboxylic acids is 1. The van der Waals surface area contributed by atoms with Crippen LogP contribution in [0, 0.1) is 11.8 Å². The first-order valence-electron chi connectivity index (χ1n) is 7.11. The number of carboxylic acid groups (broad SMARTS) is 1. The Bertz CT molecular complexity index is 628. The number of fused-ring (bicyclic) bond motifs is 1. The Morgan fingerprint density at radius 3 is 2.90 bits per heavy atom. The topological polar surface area (TPSA) is 62.5 Å². The predicted molar refractivity (Wildman–Crippen MR) is 76.8 cm³/mol. The zero-order valence-corrected chi connectivity index (χ0v) is 11.6. The van der Waals surface area contributed by atoms with Crippen molar-refractivity contribution in [1.82, 2.24) is 5.32 Å². The predicted octanol–water partition coefficient (Wildman–Crippen LogP) is 3.27. The number of benzene rings is 1. The monoisotopic (exact) mass is 273 g/mol. The summed E-state index contributed by atoms with van der Waals surface area (Å²) < 4.78 is 5.44. The van der Waals surface area contributed by atoms with E-state index in [4.69, 9.17) is 4.42 Å². The van der Waals surface area contributed by atoms with Crippen LogP contribution in [0.2, 0.25) is 0 Å². The van der Waals surface area contributed by atoms with Gasteiger partial charge in [-0.05, 0) is 37.3 Å². The minimum atomic E-state index is -1.01. The molecule has 0 saturated heterocycles. The fourth-order valence-corrected chi connectivity index (χ4v) is 2.70. The van der Waals surface area contributed by atoms with E-state index in [9.17, 15) is 9.90 Å². The minimum Gasteiger partial charge on any atom is -0.475 e. The molecule has 1 aliphatic rings. The van der Waals surface area contributed by atoms with E-state index in [1.54, 1.807) is 6.07 Å². The van der Waals surface area contributed by atoms with Crippen molar-refractivity contribution in [2.24, 2.45) is 11.8 Å². The van der Waals surface area contributed by atoms with Crippen LogP contribution in [0.15, 0.2) is 28.7 Å². The summed E-state index contributed by atoms with van der Waals surface area (Å²) >= 11 is 0. The van der Waals surface area contributed by atoms with E-state index < -0.39 is 5.97 Å². The highest BCUT2D eigenvalue weighted by molar-refractivity contribution is 5.95. The average molecular weight is 273 g/mol. The number of carbonyl (C=O) groups is 1. The highest BCUT2D eigenvalue weighted by Crippen LogP contribution is 2.36. The Labute approximate surface area is 117 Å². The van der Waals surface area contributed by atoms with E-state index in [1.807, 2.05) is 18.2 Å². The van der Waals surface area contributed by atoms with Crippen molar-refractivity contribution in [2.45, 2.75) is 26.3 Å². The van der Waals surface area contributed by atoms with Crippen LogP contribution < -0.4 is 5.32 Å². The van der Waals surface area contributed by atoms with E-state index in [-0.39, 0.29) is 5.76 Å². The normalized spacial score (nSPS) is 16.4. The van der Waals surface area contributed by atoms with E-state index >= 15 is 0 Å². The van der Waals surface area contributed by atoms with Gasteiger partial charge in [0.1, 0.15) is 5.58 Å². The number of rotatable bonds is 6. The summed E-state index contributed by atoms with van der Waals surface area (Å²) in [4.78, 5) is 11.3. The van der Waals surface area contributed by atoms with Crippen molar-refractivity contribution < 1.29 is 14.3 Å². The molecule has 0 spiro atoms. The lowest BCUT2D eigenvalue weighted by atomic mass is 10.1. The molecule has 1 aliphatic carbocycles. The number of furan rings is 1. The molecule has 0 aliphatic heterocycles. The van der Waals surface area contributed by atoms with Crippen LogP contribution in [-0.2, 0) is 6.54 Å². The Balaban J connectivity index is 1.77. The zero-order valence-electron chi connectivity index (χ0n) is 11.6. The molecule has 2 N–H and O–H groups in total. The minimum absolute atomic E-state index is 0.0535. The van der Waals surface area contributed by atoms with Crippen LogP contribution in [0.5, 0.6) is 0 Å². The van der Waals surface area contributed by atoms with Gasteiger partial charge in [-0.25, -0.2) is 4.79 Å². The molecule has 2 aromatic rings. The van der Waals surface area contributed by atoms with Crippen LogP contribution in [0.1, 0.15) is 35.9 Å². The molecule has 1 heterocycles. The lowest BCUT2D eigenvalue weighted by Gasteiger charge is -2.11. The summed E-state index contributed by atoms with van der Waals surface area (Å²) in [5.74, 6) is 0.551. The highest BCUT2D eigenvalue weighted by Gasteiger charge is 2.27. The first-order valence-corrected chi connectivity index (χ1v) is 7.11. The molecule has 1 fully saturated rings. The van der Waals surface area contributed by atoms with Crippen molar-refractivity contribution >= 4 is 16.9 Å². The van der Waals surface area contributed by atoms with E-state index in [0.29, 0.717) is 18.0 Å². The largest absolute Gasteiger partial charge is 0.475 e. The number of hydrogen-bond donors (Lipinski definition) is 2. The molecule has 1 aromatic carbocycles. The van der Waals surface area contributed by atoms with Gasteiger partial charge in [-0.15, -0.1) is 0 Å². The van der Waals surface area contributed by atoms with Gasteiger partial charge in [0.15, 0.2) is 0 Å². The molecule has 0 radical (unpaired) electrons. The van der Waals surface area contributed by atoms with Gasteiger partial charge in [0, 0.05) is 17.5 Å². The molecule has 20 heavy (non-hydrogen) atoms. The molecule has 1 aromatic heterocycles. The molecular weight excluding hydrogens is 254 g/mol. The van der Waals surface area contributed by atoms with Crippen molar-refractivity contribution in [3.63, 3.8) is 0 Å². The van der Waals surface area contributed by atoms with E-state index in [1.165, 1.54) is 12.8 Å². The van der Waals surface area contributed by atoms with Gasteiger partial charge in [-0.3, -0.25) is 0 Å². The molecule has 3 rings (SSSR count). The number of para-hydroxylation sites is 1. The Kier molecular flexibility index (Phi) is 3.49. The Morgan fingerprint density at radius 2 is 2.20 bits per heavy atom. The zero-order chi connectivity index (χ0) is 14.1. The molecule has 1 unspecified atom stereocenters. The molecule has 1 atom stereocenters. The first-order chi connectivity index (χ1) is 9.66. The summed E-state index contributed by atoms with van der Waals surface area (Å²) in [6, 6.07) is 7.47.